The van der Waals surface area contributed by atoms with E-state index in [0.717, 1.165) is 36.5 Å². The van der Waals surface area contributed by atoms with Gasteiger partial charge >= 0.3 is 0 Å². The molecule has 1 aliphatic heterocycles. The highest BCUT2D eigenvalue weighted by molar-refractivity contribution is 7.16. The molecule has 0 unspecified atom stereocenters. The van der Waals surface area contributed by atoms with Gasteiger partial charge in [-0.05, 0) is 38.1 Å². The number of halogens is 2. The van der Waals surface area contributed by atoms with Crippen molar-refractivity contribution in [3.63, 3.8) is 0 Å². The van der Waals surface area contributed by atoms with E-state index < -0.39 is 0 Å². The van der Waals surface area contributed by atoms with Gasteiger partial charge in [-0.2, -0.15) is 0 Å². The first kappa shape index (κ1) is 18.8. The standard InChI is InChI=1S/C14H16N4OS.2ClH/c19-13(18-11-3-7-16-8-4-11)12-9-17-14(20-12)10-1-5-15-6-2-10;;/h1-2,5-6,9,11,16H,3-4,7-8H2,(H,18,19);2*1H. The molecular weight excluding hydrogens is 343 g/mol. The fourth-order valence-corrected chi connectivity index (χ4v) is 3.05. The van der Waals surface area contributed by atoms with Gasteiger partial charge in [0.05, 0.1) is 6.20 Å². The molecule has 2 aromatic rings. The van der Waals surface area contributed by atoms with Crippen LogP contribution in [0.3, 0.4) is 0 Å². The molecule has 0 radical (unpaired) electrons. The maximum absolute atomic E-state index is 12.2. The first-order valence-corrected chi connectivity index (χ1v) is 7.52. The number of hydrogen-bond donors (Lipinski definition) is 2. The van der Waals surface area contributed by atoms with E-state index in [1.807, 2.05) is 12.1 Å². The molecule has 0 spiro atoms. The molecule has 1 saturated heterocycles. The molecule has 0 aromatic carbocycles. The van der Waals surface area contributed by atoms with Gasteiger partial charge in [0.2, 0.25) is 0 Å². The number of pyridine rings is 1. The van der Waals surface area contributed by atoms with Crippen LogP contribution in [0.4, 0.5) is 0 Å². The van der Waals surface area contributed by atoms with Crippen LogP contribution in [-0.2, 0) is 0 Å². The van der Waals surface area contributed by atoms with Crippen LogP contribution < -0.4 is 10.6 Å². The Kier molecular flexibility index (Phi) is 7.75. The fraction of sp³-hybridized carbons (Fsp3) is 0.357. The predicted molar refractivity (Wildman–Crippen MR) is 93.2 cm³/mol. The van der Waals surface area contributed by atoms with Crippen LogP contribution in [0.1, 0.15) is 22.5 Å². The highest BCUT2D eigenvalue weighted by Gasteiger charge is 2.18. The van der Waals surface area contributed by atoms with E-state index in [9.17, 15) is 4.79 Å². The molecular formula is C14H18Cl2N4OS. The second-order valence-corrected chi connectivity index (χ2v) is 5.79. The smallest absolute Gasteiger partial charge is 0.263 e. The van der Waals surface area contributed by atoms with Gasteiger partial charge in [0.1, 0.15) is 9.88 Å². The lowest BCUT2D eigenvalue weighted by Crippen LogP contribution is -2.42. The number of thiazole rings is 1. The summed E-state index contributed by atoms with van der Waals surface area (Å²) in [6.45, 7) is 1.94. The van der Waals surface area contributed by atoms with E-state index in [-0.39, 0.29) is 36.8 Å². The highest BCUT2D eigenvalue weighted by Crippen LogP contribution is 2.24. The van der Waals surface area contributed by atoms with Gasteiger partial charge in [-0.3, -0.25) is 9.78 Å². The van der Waals surface area contributed by atoms with Gasteiger partial charge in [0.15, 0.2) is 0 Å². The summed E-state index contributed by atoms with van der Waals surface area (Å²) in [6, 6.07) is 4.07. The number of carbonyl (C=O) groups is 1. The maximum atomic E-state index is 12.2. The van der Waals surface area contributed by atoms with E-state index in [0.29, 0.717) is 4.88 Å². The topological polar surface area (TPSA) is 66.9 Å². The molecule has 120 valence electrons. The first-order chi connectivity index (χ1) is 9.83. The van der Waals surface area contributed by atoms with Crippen molar-refractivity contribution in [1.82, 2.24) is 20.6 Å². The average molecular weight is 361 g/mol. The van der Waals surface area contributed by atoms with Crippen molar-refractivity contribution in [1.29, 1.82) is 0 Å². The van der Waals surface area contributed by atoms with Gasteiger partial charge in [-0.15, -0.1) is 36.2 Å². The zero-order chi connectivity index (χ0) is 13.8. The molecule has 0 bridgehead atoms. The quantitative estimate of drug-likeness (QED) is 0.882. The van der Waals surface area contributed by atoms with Crippen molar-refractivity contribution in [3.8, 4) is 10.6 Å². The van der Waals surface area contributed by atoms with Crippen molar-refractivity contribution in [2.24, 2.45) is 0 Å². The van der Waals surface area contributed by atoms with E-state index >= 15 is 0 Å². The van der Waals surface area contributed by atoms with Crippen molar-refractivity contribution in [2.75, 3.05) is 13.1 Å². The van der Waals surface area contributed by atoms with Crippen molar-refractivity contribution >= 4 is 42.1 Å². The summed E-state index contributed by atoms with van der Waals surface area (Å²) in [4.78, 5) is 21.1. The third-order valence-electron chi connectivity index (χ3n) is 3.33. The number of nitrogens with zero attached hydrogens (tertiary/aromatic N) is 2. The zero-order valence-electron chi connectivity index (χ0n) is 11.8. The zero-order valence-corrected chi connectivity index (χ0v) is 14.3. The Balaban J connectivity index is 0.00000121. The maximum Gasteiger partial charge on any atom is 0.263 e. The van der Waals surface area contributed by atoms with Crippen LogP contribution in [0.25, 0.3) is 10.6 Å². The lowest BCUT2D eigenvalue weighted by atomic mass is 10.1. The lowest BCUT2D eigenvalue weighted by Gasteiger charge is -2.23. The van der Waals surface area contributed by atoms with Gasteiger partial charge in [-0.25, -0.2) is 4.98 Å². The Morgan fingerprint density at radius 2 is 1.91 bits per heavy atom. The Morgan fingerprint density at radius 3 is 2.59 bits per heavy atom. The van der Waals surface area contributed by atoms with E-state index in [1.165, 1.54) is 11.3 Å². The second-order valence-electron chi connectivity index (χ2n) is 4.76. The minimum Gasteiger partial charge on any atom is -0.348 e. The van der Waals surface area contributed by atoms with Gasteiger partial charge in [-0.1, -0.05) is 0 Å². The Labute approximate surface area is 145 Å². The van der Waals surface area contributed by atoms with E-state index in [2.05, 4.69) is 20.6 Å². The summed E-state index contributed by atoms with van der Waals surface area (Å²) in [5.41, 5.74) is 0.992. The average Bonchev–Trinajstić information content (AvgIpc) is 2.99. The van der Waals surface area contributed by atoms with Crippen LogP contribution in [0.5, 0.6) is 0 Å². The van der Waals surface area contributed by atoms with Crippen LogP contribution in [0, 0.1) is 0 Å². The Morgan fingerprint density at radius 1 is 1.23 bits per heavy atom. The van der Waals surface area contributed by atoms with Crippen LogP contribution in [0.15, 0.2) is 30.7 Å². The summed E-state index contributed by atoms with van der Waals surface area (Å²) in [5, 5.41) is 7.22. The molecule has 3 heterocycles. The minimum absolute atomic E-state index is 0. The van der Waals surface area contributed by atoms with Gasteiger partial charge in [0, 0.05) is 24.0 Å². The van der Waals surface area contributed by atoms with Crippen molar-refractivity contribution in [2.45, 2.75) is 18.9 Å². The molecule has 1 amide bonds. The number of aromatic nitrogens is 2. The molecule has 8 heteroatoms. The summed E-state index contributed by atoms with van der Waals surface area (Å²) >= 11 is 1.42. The number of nitrogens with one attached hydrogen (secondary N) is 2. The summed E-state index contributed by atoms with van der Waals surface area (Å²) < 4.78 is 0. The Bertz CT molecular complexity index is 588. The number of piperidine rings is 1. The van der Waals surface area contributed by atoms with Crippen molar-refractivity contribution in [3.05, 3.63) is 35.6 Å². The third kappa shape index (κ3) is 4.64. The minimum atomic E-state index is -0.0188. The summed E-state index contributed by atoms with van der Waals surface area (Å²) in [6.07, 6.45) is 7.08. The number of hydrogen-bond acceptors (Lipinski definition) is 5. The fourth-order valence-electron chi connectivity index (χ4n) is 2.23. The molecule has 0 aliphatic carbocycles. The Hall–Kier alpha value is -1.21. The SMILES string of the molecule is Cl.Cl.O=C(NC1CCNCC1)c1cnc(-c2ccncc2)s1. The third-order valence-corrected chi connectivity index (χ3v) is 4.38. The second kappa shape index (κ2) is 9.05. The molecule has 5 nitrogen and oxygen atoms in total. The molecule has 0 atom stereocenters. The summed E-state index contributed by atoms with van der Waals surface area (Å²) in [5.74, 6) is -0.0188. The highest BCUT2D eigenvalue weighted by atomic mass is 35.5. The van der Waals surface area contributed by atoms with E-state index in [4.69, 9.17) is 0 Å². The van der Waals surface area contributed by atoms with Crippen molar-refractivity contribution < 1.29 is 4.79 Å². The molecule has 3 rings (SSSR count). The van der Waals surface area contributed by atoms with Crippen LogP contribution in [0.2, 0.25) is 0 Å². The number of rotatable bonds is 3. The van der Waals surface area contributed by atoms with Crippen LogP contribution >= 0.6 is 36.2 Å². The number of amides is 1. The first-order valence-electron chi connectivity index (χ1n) is 6.71. The molecule has 0 saturated carbocycles. The molecule has 2 aromatic heterocycles. The lowest BCUT2D eigenvalue weighted by molar-refractivity contribution is 0.0933. The van der Waals surface area contributed by atoms with E-state index in [1.54, 1.807) is 18.6 Å². The summed E-state index contributed by atoms with van der Waals surface area (Å²) in [7, 11) is 0. The molecule has 2 N–H and O–H groups in total. The van der Waals surface area contributed by atoms with Crippen LogP contribution in [-0.4, -0.2) is 35.0 Å². The monoisotopic (exact) mass is 360 g/mol. The largest absolute Gasteiger partial charge is 0.348 e. The predicted octanol–water partition coefficient (Wildman–Crippen LogP) is 2.53. The number of carbonyl (C=O) groups excluding carboxylic acids is 1. The molecule has 1 aliphatic rings. The normalized spacial score (nSPS) is 14.5. The van der Waals surface area contributed by atoms with Gasteiger partial charge in [0.25, 0.3) is 5.91 Å². The molecule has 1 fully saturated rings. The molecule has 22 heavy (non-hydrogen) atoms. The van der Waals surface area contributed by atoms with Gasteiger partial charge < -0.3 is 10.6 Å².